The number of alkyl halides is 3. The third-order valence-electron chi connectivity index (χ3n) is 5.02. The van der Waals surface area contributed by atoms with E-state index < -0.39 is 12.1 Å². The largest absolute Gasteiger partial charge is 0.490 e. The maximum Gasteiger partial charge on any atom is 0.490 e. The maximum absolute atomic E-state index is 12.0. The van der Waals surface area contributed by atoms with Crippen molar-refractivity contribution in [2.24, 2.45) is 0 Å². The summed E-state index contributed by atoms with van der Waals surface area (Å²) in [5.41, 5.74) is 3.88. The molecule has 4 N–H and O–H groups in total. The molecule has 1 atom stereocenters. The minimum Gasteiger partial charge on any atom is -0.475 e. The number of amides is 2. The van der Waals surface area contributed by atoms with E-state index in [4.69, 9.17) is 9.90 Å². The highest BCUT2D eigenvalue weighted by Crippen LogP contribution is 2.28. The number of carboxylic acid groups (broad SMARTS) is 1. The number of nitrogens with one attached hydrogen (secondary N) is 3. The van der Waals surface area contributed by atoms with Gasteiger partial charge in [0, 0.05) is 35.1 Å². The monoisotopic (exact) mass is 528 g/mol. The Labute approximate surface area is 214 Å². The smallest absolute Gasteiger partial charge is 0.475 e. The van der Waals surface area contributed by atoms with Crippen LogP contribution in [0.1, 0.15) is 31.9 Å². The van der Waals surface area contributed by atoms with Crippen LogP contribution >= 0.6 is 0 Å². The lowest BCUT2D eigenvalue weighted by Gasteiger charge is -2.17. The average Bonchev–Trinajstić information content (AvgIpc) is 3.51. The minimum absolute atomic E-state index is 0.0327. The van der Waals surface area contributed by atoms with Crippen molar-refractivity contribution in [3.63, 3.8) is 0 Å². The zero-order chi connectivity index (χ0) is 27.9. The normalized spacial score (nSPS) is 11.8. The van der Waals surface area contributed by atoms with Crippen LogP contribution in [0.3, 0.4) is 0 Å². The quantitative estimate of drug-likeness (QED) is 0.287. The van der Waals surface area contributed by atoms with Gasteiger partial charge in [-0.3, -0.25) is 4.68 Å². The predicted molar refractivity (Wildman–Crippen MR) is 131 cm³/mol. The number of anilines is 1. The molecule has 38 heavy (non-hydrogen) atoms. The molecule has 0 radical (unpaired) electrons. The highest BCUT2D eigenvalue weighted by atomic mass is 19.4. The molecule has 3 aromatic heterocycles. The summed E-state index contributed by atoms with van der Waals surface area (Å²) in [6.07, 6.45) is 2.08. The van der Waals surface area contributed by atoms with Gasteiger partial charge in [-0.2, -0.15) is 23.5 Å². The molecule has 0 bridgehead atoms. The van der Waals surface area contributed by atoms with Crippen molar-refractivity contribution in [3.8, 4) is 17.3 Å². The standard InChI is InChI=1S/C22H22N8O.C2HF3O2/c1-14(2)28-22(31)29-17-5-3-4-15(10-17)19(6-8-23)30-12-16(11-27-30)20-18-7-9-24-21(18)26-13-25-20;3-2(4,5)1(6)7/h3-5,7,9-14,19H,6H2,1-2H3,(H,24,25,26)(H2,28,29,31);(H,6,7). The summed E-state index contributed by atoms with van der Waals surface area (Å²) in [6, 6.07) is 11.0. The zero-order valence-electron chi connectivity index (χ0n) is 20.2. The van der Waals surface area contributed by atoms with E-state index in [1.165, 1.54) is 6.33 Å². The second-order valence-corrected chi connectivity index (χ2v) is 8.23. The van der Waals surface area contributed by atoms with Gasteiger partial charge in [0.05, 0.1) is 30.4 Å². The van der Waals surface area contributed by atoms with E-state index in [0.717, 1.165) is 27.9 Å². The molecule has 11 nitrogen and oxygen atoms in total. The van der Waals surface area contributed by atoms with E-state index in [-0.39, 0.29) is 24.5 Å². The van der Waals surface area contributed by atoms with Gasteiger partial charge in [0.1, 0.15) is 12.0 Å². The first-order valence-corrected chi connectivity index (χ1v) is 11.2. The summed E-state index contributed by atoms with van der Waals surface area (Å²) in [5.74, 6) is -2.76. The van der Waals surface area contributed by atoms with Gasteiger partial charge >= 0.3 is 18.2 Å². The van der Waals surface area contributed by atoms with Crippen molar-refractivity contribution >= 4 is 28.7 Å². The Balaban J connectivity index is 0.000000505. The molecular formula is C24H23F3N8O3. The molecule has 4 aromatic rings. The number of carboxylic acids is 1. The Hall–Kier alpha value is -4.93. The zero-order valence-corrected chi connectivity index (χ0v) is 20.2. The summed E-state index contributed by atoms with van der Waals surface area (Å²) in [4.78, 5) is 32.6. The molecular weight excluding hydrogens is 505 g/mol. The Morgan fingerprint density at radius 3 is 2.63 bits per heavy atom. The van der Waals surface area contributed by atoms with Gasteiger partial charge < -0.3 is 20.7 Å². The van der Waals surface area contributed by atoms with E-state index in [1.54, 1.807) is 10.9 Å². The number of hydrogen-bond acceptors (Lipinski definition) is 6. The average molecular weight is 528 g/mol. The summed E-state index contributed by atoms with van der Waals surface area (Å²) >= 11 is 0. The number of hydrogen-bond donors (Lipinski definition) is 4. The number of nitriles is 1. The number of aromatic amines is 1. The van der Waals surface area contributed by atoms with Crippen LogP contribution in [0.25, 0.3) is 22.3 Å². The molecule has 2 amide bonds. The van der Waals surface area contributed by atoms with Crippen molar-refractivity contribution in [2.45, 2.75) is 38.5 Å². The number of carbonyl (C=O) groups is 2. The lowest BCUT2D eigenvalue weighted by Crippen LogP contribution is -2.34. The van der Waals surface area contributed by atoms with Gasteiger partial charge in [0.25, 0.3) is 0 Å². The number of rotatable bonds is 6. The maximum atomic E-state index is 12.0. The topological polar surface area (TPSA) is 162 Å². The van der Waals surface area contributed by atoms with Crippen LogP contribution in [-0.4, -0.2) is 54.1 Å². The van der Waals surface area contributed by atoms with E-state index in [2.05, 4.69) is 36.8 Å². The van der Waals surface area contributed by atoms with Crippen LogP contribution in [0, 0.1) is 11.3 Å². The summed E-state index contributed by atoms with van der Waals surface area (Å²) in [5, 5.41) is 27.6. The fourth-order valence-corrected chi connectivity index (χ4v) is 3.44. The molecule has 0 saturated carbocycles. The first-order chi connectivity index (χ1) is 18.0. The third-order valence-corrected chi connectivity index (χ3v) is 5.02. The van der Waals surface area contributed by atoms with E-state index >= 15 is 0 Å². The number of aromatic nitrogens is 5. The minimum atomic E-state index is -5.08. The molecule has 0 aliphatic carbocycles. The molecule has 0 aliphatic rings. The number of halogens is 3. The number of urea groups is 1. The van der Waals surface area contributed by atoms with Crippen LogP contribution < -0.4 is 10.6 Å². The molecule has 1 aromatic carbocycles. The Kier molecular flexibility index (Phi) is 8.64. The highest BCUT2D eigenvalue weighted by Gasteiger charge is 2.38. The van der Waals surface area contributed by atoms with Crippen LogP contribution in [-0.2, 0) is 4.79 Å². The second-order valence-electron chi connectivity index (χ2n) is 8.23. The third kappa shape index (κ3) is 7.06. The van der Waals surface area contributed by atoms with Gasteiger partial charge in [-0.25, -0.2) is 19.6 Å². The fraction of sp³-hybridized carbons (Fsp3) is 0.250. The summed E-state index contributed by atoms with van der Waals surface area (Å²) in [7, 11) is 0. The van der Waals surface area contributed by atoms with Crippen LogP contribution in [0.2, 0.25) is 0 Å². The molecule has 198 valence electrons. The lowest BCUT2D eigenvalue weighted by atomic mass is 10.0. The Morgan fingerprint density at radius 1 is 1.24 bits per heavy atom. The number of aliphatic carboxylic acids is 1. The number of fused-ring (bicyclic) bond motifs is 1. The number of H-pyrrole nitrogens is 1. The van der Waals surface area contributed by atoms with E-state index in [9.17, 15) is 23.2 Å². The van der Waals surface area contributed by atoms with Crippen molar-refractivity contribution < 1.29 is 27.9 Å². The molecule has 14 heteroatoms. The summed E-state index contributed by atoms with van der Waals surface area (Å²) in [6.45, 7) is 3.79. The summed E-state index contributed by atoms with van der Waals surface area (Å²) < 4.78 is 33.5. The molecule has 3 heterocycles. The fourth-order valence-electron chi connectivity index (χ4n) is 3.44. The van der Waals surface area contributed by atoms with Gasteiger partial charge in [0.2, 0.25) is 0 Å². The van der Waals surface area contributed by atoms with Gasteiger partial charge in [0.15, 0.2) is 0 Å². The highest BCUT2D eigenvalue weighted by molar-refractivity contribution is 5.90. The van der Waals surface area contributed by atoms with Crippen molar-refractivity contribution in [2.75, 3.05) is 5.32 Å². The SMILES string of the molecule is CC(C)NC(=O)Nc1cccc(C(CC#N)n2cc(-c3ncnc4[nH]ccc34)cn2)c1.O=C(O)C(F)(F)F. The first kappa shape index (κ1) is 27.7. The van der Waals surface area contributed by atoms with Crippen molar-refractivity contribution in [1.29, 1.82) is 5.26 Å². The second kappa shape index (κ2) is 11.9. The number of carbonyl (C=O) groups excluding carboxylic acids is 1. The van der Waals surface area contributed by atoms with Crippen molar-refractivity contribution in [3.05, 3.63) is 60.8 Å². The Bertz CT molecular complexity index is 1460. The van der Waals surface area contributed by atoms with E-state index in [0.29, 0.717) is 5.69 Å². The number of benzene rings is 1. The van der Waals surface area contributed by atoms with Crippen LogP contribution in [0.4, 0.5) is 23.7 Å². The molecule has 4 rings (SSSR count). The molecule has 0 aliphatic heterocycles. The predicted octanol–water partition coefficient (Wildman–Crippen LogP) is 4.49. The molecule has 0 fully saturated rings. The lowest BCUT2D eigenvalue weighted by molar-refractivity contribution is -0.192. The van der Waals surface area contributed by atoms with Crippen LogP contribution in [0.5, 0.6) is 0 Å². The first-order valence-electron chi connectivity index (χ1n) is 11.2. The van der Waals surface area contributed by atoms with E-state index in [1.807, 2.05) is 56.6 Å². The van der Waals surface area contributed by atoms with Gasteiger partial charge in [-0.15, -0.1) is 0 Å². The number of nitrogens with zero attached hydrogens (tertiary/aromatic N) is 5. The Morgan fingerprint density at radius 2 is 1.97 bits per heavy atom. The van der Waals surface area contributed by atoms with Crippen molar-refractivity contribution in [1.82, 2.24) is 30.0 Å². The molecule has 0 spiro atoms. The van der Waals surface area contributed by atoms with Crippen LogP contribution in [0.15, 0.2) is 55.2 Å². The molecule has 1 unspecified atom stereocenters. The molecule has 0 saturated heterocycles. The van der Waals surface area contributed by atoms with Gasteiger partial charge in [-0.05, 0) is 37.6 Å². The van der Waals surface area contributed by atoms with Gasteiger partial charge in [-0.1, -0.05) is 12.1 Å².